The molecule has 1 fully saturated rings. The van der Waals surface area contributed by atoms with Gasteiger partial charge < -0.3 is 9.72 Å². The number of halogens is 1. The molecule has 27 heavy (non-hydrogen) atoms. The van der Waals surface area contributed by atoms with Crippen molar-refractivity contribution >= 4 is 11.8 Å². The van der Waals surface area contributed by atoms with Crippen LogP contribution in [0.1, 0.15) is 82.1 Å². The smallest absolute Gasteiger partial charge is 0.355 e. The van der Waals surface area contributed by atoms with Gasteiger partial charge in [0.05, 0.1) is 0 Å². The molecule has 0 unspecified atom stereocenters. The monoisotopic (exact) mass is 369 g/mol. The van der Waals surface area contributed by atoms with E-state index in [0.717, 1.165) is 36.9 Å². The van der Waals surface area contributed by atoms with Crippen molar-refractivity contribution < 1.29 is 18.7 Å². The lowest BCUT2D eigenvalue weighted by Gasteiger charge is -2.22. The molecule has 1 aromatic carbocycles. The number of hydrogen-bond donors (Lipinski definition) is 1. The summed E-state index contributed by atoms with van der Waals surface area (Å²) in [6, 6.07) is 6.29. The molecule has 1 atom stereocenters. The molecule has 0 radical (unpaired) electrons. The molecule has 4 nitrogen and oxygen atoms in total. The molecular weight excluding hydrogens is 345 g/mol. The summed E-state index contributed by atoms with van der Waals surface area (Å²) >= 11 is 0. The molecule has 1 heterocycles. The number of hydrogen-bond acceptors (Lipinski definition) is 3. The van der Waals surface area contributed by atoms with Gasteiger partial charge in [-0.1, -0.05) is 18.6 Å². The second-order valence-corrected chi connectivity index (χ2v) is 7.72. The molecule has 0 spiro atoms. The van der Waals surface area contributed by atoms with Gasteiger partial charge >= 0.3 is 5.97 Å². The van der Waals surface area contributed by atoms with E-state index in [0.29, 0.717) is 29.7 Å². The third-order valence-corrected chi connectivity index (χ3v) is 5.86. The van der Waals surface area contributed by atoms with Crippen LogP contribution in [-0.4, -0.2) is 22.8 Å². The third kappa shape index (κ3) is 3.55. The van der Waals surface area contributed by atoms with E-state index in [-0.39, 0.29) is 29.6 Å². The number of benzene rings is 1. The summed E-state index contributed by atoms with van der Waals surface area (Å²) in [5, 5.41) is 0. The Morgan fingerprint density at radius 3 is 2.52 bits per heavy atom. The van der Waals surface area contributed by atoms with Crippen molar-refractivity contribution in [2.45, 2.75) is 63.9 Å². The number of carbonyl (C=O) groups excluding carboxylic acids is 2. The Labute approximate surface area is 158 Å². The molecule has 2 aliphatic carbocycles. The van der Waals surface area contributed by atoms with E-state index in [1.807, 2.05) is 6.92 Å². The highest BCUT2D eigenvalue weighted by atomic mass is 19.1. The topological polar surface area (TPSA) is 59.2 Å². The maximum absolute atomic E-state index is 13.2. The van der Waals surface area contributed by atoms with Crippen LogP contribution in [0, 0.1) is 12.7 Å². The zero-order valence-corrected chi connectivity index (χ0v) is 15.5. The Hall–Kier alpha value is -2.43. The maximum atomic E-state index is 13.2. The standard InChI is InChI=1S/C22H24FNO3/c1-13-20-18(24-21(13)22(26)27-17-5-3-2-4-6-17)11-15(12-19(20)25)14-7-9-16(23)10-8-14/h7-10,15,17,24H,2-6,11-12H2,1H3/t15-/m0/s1. The summed E-state index contributed by atoms with van der Waals surface area (Å²) in [7, 11) is 0. The number of aromatic nitrogens is 1. The summed E-state index contributed by atoms with van der Waals surface area (Å²) < 4.78 is 18.9. The Bertz CT molecular complexity index is 862. The quantitative estimate of drug-likeness (QED) is 0.786. The molecule has 2 aliphatic rings. The van der Waals surface area contributed by atoms with E-state index < -0.39 is 0 Å². The first kappa shape index (κ1) is 18.0. The first-order chi connectivity index (χ1) is 13.0. The van der Waals surface area contributed by atoms with Gasteiger partial charge in [-0.2, -0.15) is 0 Å². The average molecular weight is 369 g/mol. The number of carbonyl (C=O) groups is 2. The predicted octanol–water partition coefficient (Wildman–Crippen LogP) is 4.86. The molecule has 1 aromatic heterocycles. The summed E-state index contributed by atoms with van der Waals surface area (Å²) in [6.45, 7) is 1.81. The second kappa shape index (κ2) is 7.29. The van der Waals surface area contributed by atoms with Crippen LogP contribution in [0.2, 0.25) is 0 Å². The van der Waals surface area contributed by atoms with Gasteiger partial charge in [0.15, 0.2) is 5.78 Å². The minimum Gasteiger partial charge on any atom is -0.458 e. The largest absolute Gasteiger partial charge is 0.458 e. The molecule has 0 saturated heterocycles. The first-order valence-electron chi connectivity index (χ1n) is 9.74. The molecule has 1 N–H and O–H groups in total. The number of nitrogens with one attached hydrogen (secondary N) is 1. The van der Waals surface area contributed by atoms with Crippen molar-refractivity contribution in [1.82, 2.24) is 4.98 Å². The lowest BCUT2D eigenvalue weighted by Crippen LogP contribution is -2.21. The summed E-state index contributed by atoms with van der Waals surface area (Å²) in [4.78, 5) is 28.5. The van der Waals surface area contributed by atoms with Gasteiger partial charge in [-0.3, -0.25) is 4.79 Å². The Morgan fingerprint density at radius 1 is 1.11 bits per heavy atom. The summed E-state index contributed by atoms with van der Waals surface area (Å²) in [6.07, 6.45) is 6.19. The molecule has 1 saturated carbocycles. The van der Waals surface area contributed by atoms with Gasteiger partial charge in [-0.25, -0.2) is 9.18 Å². The number of Topliss-reactive ketones (excluding diaryl/α,β-unsaturated/α-hetero) is 1. The molecule has 5 heteroatoms. The van der Waals surface area contributed by atoms with Gasteiger partial charge in [0.1, 0.15) is 17.6 Å². The normalized spacial score (nSPS) is 20.4. The molecule has 4 rings (SSSR count). The number of H-pyrrole nitrogens is 1. The van der Waals surface area contributed by atoms with Gasteiger partial charge in [-0.15, -0.1) is 0 Å². The van der Waals surface area contributed by atoms with Crippen molar-refractivity contribution in [2.24, 2.45) is 0 Å². The average Bonchev–Trinajstić information content (AvgIpc) is 3.00. The zero-order chi connectivity index (χ0) is 19.0. The van der Waals surface area contributed by atoms with E-state index in [4.69, 9.17) is 4.74 Å². The van der Waals surface area contributed by atoms with Gasteiger partial charge in [0.2, 0.25) is 0 Å². The SMILES string of the molecule is Cc1c(C(=O)OC2CCCCC2)[nH]c2c1C(=O)C[C@@H](c1ccc(F)cc1)C2. The van der Waals surface area contributed by atoms with Crippen LogP contribution in [-0.2, 0) is 11.2 Å². The summed E-state index contributed by atoms with van der Waals surface area (Å²) in [5.41, 5.74) is 3.44. The van der Waals surface area contributed by atoms with E-state index in [1.54, 1.807) is 12.1 Å². The van der Waals surface area contributed by atoms with E-state index in [2.05, 4.69) is 4.98 Å². The van der Waals surface area contributed by atoms with Crippen molar-refractivity contribution in [3.8, 4) is 0 Å². The van der Waals surface area contributed by atoms with Gasteiger partial charge in [-0.05, 0) is 68.2 Å². The van der Waals surface area contributed by atoms with E-state index in [9.17, 15) is 14.0 Å². The van der Waals surface area contributed by atoms with Crippen LogP contribution in [0.25, 0.3) is 0 Å². The van der Waals surface area contributed by atoms with Crippen LogP contribution in [0.15, 0.2) is 24.3 Å². The number of aromatic amines is 1. The lowest BCUT2D eigenvalue weighted by molar-refractivity contribution is 0.0204. The fraction of sp³-hybridized carbons (Fsp3) is 0.455. The van der Waals surface area contributed by atoms with Crippen molar-refractivity contribution in [3.63, 3.8) is 0 Å². The maximum Gasteiger partial charge on any atom is 0.355 e. The van der Waals surface area contributed by atoms with Gasteiger partial charge in [0.25, 0.3) is 0 Å². The van der Waals surface area contributed by atoms with Crippen LogP contribution in [0.4, 0.5) is 4.39 Å². The molecular formula is C22H24FNO3. The molecule has 2 aromatic rings. The van der Waals surface area contributed by atoms with Crippen LogP contribution < -0.4 is 0 Å². The summed E-state index contributed by atoms with van der Waals surface area (Å²) in [5.74, 6) is -0.633. The zero-order valence-electron chi connectivity index (χ0n) is 15.5. The highest BCUT2D eigenvalue weighted by Gasteiger charge is 2.33. The predicted molar refractivity (Wildman–Crippen MR) is 99.6 cm³/mol. The fourth-order valence-corrected chi connectivity index (χ4v) is 4.40. The van der Waals surface area contributed by atoms with Crippen LogP contribution in [0.5, 0.6) is 0 Å². The first-order valence-corrected chi connectivity index (χ1v) is 9.74. The van der Waals surface area contributed by atoms with Crippen molar-refractivity contribution in [1.29, 1.82) is 0 Å². The molecule has 0 amide bonds. The highest BCUT2D eigenvalue weighted by Crippen LogP contribution is 2.35. The molecule has 142 valence electrons. The number of ketones is 1. The number of ether oxygens (including phenoxy) is 1. The highest BCUT2D eigenvalue weighted by molar-refractivity contribution is 6.03. The van der Waals surface area contributed by atoms with E-state index >= 15 is 0 Å². The lowest BCUT2D eigenvalue weighted by atomic mass is 9.81. The van der Waals surface area contributed by atoms with Crippen molar-refractivity contribution in [3.05, 3.63) is 58.2 Å². The minimum atomic E-state index is -0.361. The number of fused-ring (bicyclic) bond motifs is 1. The third-order valence-electron chi connectivity index (χ3n) is 5.86. The van der Waals surface area contributed by atoms with E-state index in [1.165, 1.54) is 18.6 Å². The van der Waals surface area contributed by atoms with Gasteiger partial charge in [0, 0.05) is 17.7 Å². The molecule has 0 aliphatic heterocycles. The second-order valence-electron chi connectivity index (χ2n) is 7.72. The molecule has 0 bridgehead atoms. The Kier molecular flexibility index (Phi) is 4.85. The fourth-order valence-electron chi connectivity index (χ4n) is 4.40. The Balaban J connectivity index is 1.56. The number of rotatable bonds is 3. The van der Waals surface area contributed by atoms with Crippen molar-refractivity contribution in [2.75, 3.05) is 0 Å². The van der Waals surface area contributed by atoms with Crippen LogP contribution >= 0.6 is 0 Å². The number of esters is 1. The van der Waals surface area contributed by atoms with Crippen LogP contribution in [0.3, 0.4) is 0 Å². The minimum absolute atomic E-state index is 0.00846. The Morgan fingerprint density at radius 2 is 1.81 bits per heavy atom.